The summed E-state index contributed by atoms with van der Waals surface area (Å²) in [4.78, 5) is 36.1. The summed E-state index contributed by atoms with van der Waals surface area (Å²) in [6.45, 7) is 1.88. The van der Waals surface area contributed by atoms with Gasteiger partial charge in [-0.3, -0.25) is 24.6 Å². The molecule has 1 saturated heterocycles. The highest BCUT2D eigenvalue weighted by Crippen LogP contribution is 2.34. The molecule has 0 bridgehead atoms. The number of hydrogen-bond acceptors (Lipinski definition) is 8. The van der Waals surface area contributed by atoms with Crippen LogP contribution in [0.2, 0.25) is 0 Å². The molecule has 1 amide bonds. The van der Waals surface area contributed by atoms with Crippen molar-refractivity contribution in [2.45, 2.75) is 13.3 Å². The minimum atomic E-state index is -0.564. The Bertz CT molecular complexity index is 793. The Morgan fingerprint density at radius 2 is 2.19 bits per heavy atom. The number of thioether (sulfide) groups is 1. The average Bonchev–Trinajstić information content (AvgIpc) is 2.87. The second-order valence-corrected chi connectivity index (χ2v) is 6.85. The third kappa shape index (κ3) is 4.58. The molecule has 1 heterocycles. The normalized spacial score (nSPS) is 15.5. The molecule has 0 unspecified atom stereocenters. The Morgan fingerprint density at radius 1 is 1.46 bits per heavy atom. The summed E-state index contributed by atoms with van der Waals surface area (Å²) in [7, 11) is 1.34. The van der Waals surface area contributed by atoms with Crippen molar-refractivity contribution in [3.8, 4) is 5.75 Å². The van der Waals surface area contributed by atoms with E-state index >= 15 is 0 Å². The molecule has 1 aromatic carbocycles. The topological polar surface area (TPSA) is 99.0 Å². The first-order chi connectivity index (χ1) is 12.4. The highest BCUT2D eigenvalue weighted by atomic mass is 32.2. The number of nitrogens with zero attached hydrogens (tertiary/aromatic N) is 2. The first-order valence-corrected chi connectivity index (χ1v) is 8.83. The van der Waals surface area contributed by atoms with E-state index in [2.05, 4.69) is 0 Å². The highest BCUT2D eigenvalue weighted by Gasteiger charge is 2.33. The number of benzene rings is 1. The van der Waals surface area contributed by atoms with Gasteiger partial charge in [-0.05, 0) is 24.1 Å². The van der Waals surface area contributed by atoms with Gasteiger partial charge in [-0.25, -0.2) is 0 Å². The van der Waals surface area contributed by atoms with E-state index in [9.17, 15) is 19.7 Å². The van der Waals surface area contributed by atoms with Gasteiger partial charge in [0.15, 0.2) is 5.75 Å². The molecular formula is C16H16N2O6S2. The van der Waals surface area contributed by atoms with Crippen molar-refractivity contribution >= 4 is 51.9 Å². The van der Waals surface area contributed by atoms with Crippen molar-refractivity contribution in [2.24, 2.45) is 0 Å². The van der Waals surface area contributed by atoms with Gasteiger partial charge in [0.1, 0.15) is 10.9 Å². The predicted octanol–water partition coefficient (Wildman–Crippen LogP) is 2.76. The lowest BCUT2D eigenvalue weighted by Gasteiger charge is -2.13. The molecule has 0 saturated carbocycles. The monoisotopic (exact) mass is 396 g/mol. The molecule has 26 heavy (non-hydrogen) atoms. The van der Waals surface area contributed by atoms with Crippen LogP contribution in [0.15, 0.2) is 23.1 Å². The summed E-state index contributed by atoms with van der Waals surface area (Å²) < 4.78 is 10.1. The second-order valence-electron chi connectivity index (χ2n) is 5.18. The van der Waals surface area contributed by atoms with E-state index in [0.29, 0.717) is 12.0 Å². The van der Waals surface area contributed by atoms with Gasteiger partial charge in [0.25, 0.3) is 5.91 Å². The first-order valence-electron chi connectivity index (χ1n) is 7.60. The number of nitro benzene ring substituents is 1. The van der Waals surface area contributed by atoms with Crippen LogP contribution in [0, 0.1) is 10.1 Å². The van der Waals surface area contributed by atoms with Crippen molar-refractivity contribution in [1.82, 2.24) is 4.90 Å². The molecule has 1 aliphatic heterocycles. The van der Waals surface area contributed by atoms with Crippen molar-refractivity contribution < 1.29 is 24.0 Å². The number of ether oxygens (including phenoxy) is 2. The van der Waals surface area contributed by atoms with E-state index in [1.807, 2.05) is 6.92 Å². The minimum Gasteiger partial charge on any atom is -0.490 e. The molecular weight excluding hydrogens is 380 g/mol. The molecule has 0 atom stereocenters. The summed E-state index contributed by atoms with van der Waals surface area (Å²) in [6, 6.07) is 4.35. The lowest BCUT2D eigenvalue weighted by Crippen LogP contribution is -2.34. The fraction of sp³-hybridized carbons (Fsp3) is 0.312. The van der Waals surface area contributed by atoms with Crippen LogP contribution in [0.5, 0.6) is 5.75 Å². The van der Waals surface area contributed by atoms with Gasteiger partial charge in [-0.1, -0.05) is 37.0 Å². The van der Waals surface area contributed by atoms with Crippen LogP contribution in [-0.4, -0.2) is 46.3 Å². The van der Waals surface area contributed by atoms with Crippen LogP contribution in [0.25, 0.3) is 6.08 Å². The molecule has 0 N–H and O–H groups in total. The number of rotatable bonds is 7. The van der Waals surface area contributed by atoms with Gasteiger partial charge in [0.05, 0.1) is 23.5 Å². The largest absolute Gasteiger partial charge is 0.490 e. The summed E-state index contributed by atoms with van der Waals surface area (Å²) in [5.74, 6) is -0.852. The lowest BCUT2D eigenvalue weighted by molar-refractivity contribution is -0.385. The van der Waals surface area contributed by atoms with Gasteiger partial charge >= 0.3 is 11.7 Å². The van der Waals surface area contributed by atoms with Crippen molar-refractivity contribution in [3.63, 3.8) is 0 Å². The maximum atomic E-state index is 12.5. The standard InChI is InChI=1S/C16H16N2O6S2/c1-3-6-24-14(19)9-17-15(20)13(26-16(17)25)8-10-4-5-12(23-2)11(7-10)18(21)22/h4-5,7-8H,3,6,9H2,1-2H3/b13-8-. The van der Waals surface area contributed by atoms with Crippen LogP contribution in [-0.2, 0) is 14.3 Å². The van der Waals surface area contributed by atoms with Crippen molar-refractivity contribution in [1.29, 1.82) is 0 Å². The molecule has 0 radical (unpaired) electrons. The van der Waals surface area contributed by atoms with Crippen molar-refractivity contribution in [3.05, 3.63) is 38.8 Å². The third-order valence-electron chi connectivity index (χ3n) is 3.33. The zero-order valence-electron chi connectivity index (χ0n) is 14.1. The van der Waals surface area contributed by atoms with E-state index in [4.69, 9.17) is 21.7 Å². The Kier molecular flexibility index (Phi) is 6.70. The summed E-state index contributed by atoms with van der Waals surface area (Å²) >= 11 is 6.17. The van der Waals surface area contributed by atoms with Crippen molar-refractivity contribution in [2.75, 3.05) is 20.3 Å². The molecule has 1 fully saturated rings. The van der Waals surface area contributed by atoms with E-state index in [1.54, 1.807) is 6.07 Å². The number of amides is 1. The first kappa shape index (κ1) is 19.9. The Labute approximate surface area is 159 Å². The van der Waals surface area contributed by atoms with Crippen LogP contribution < -0.4 is 4.74 Å². The summed E-state index contributed by atoms with van der Waals surface area (Å²) in [6.07, 6.45) is 2.17. The molecule has 0 aromatic heterocycles. The Morgan fingerprint density at radius 3 is 2.81 bits per heavy atom. The number of thiocarbonyl (C=S) groups is 1. The van der Waals surface area contributed by atoms with Gasteiger partial charge in [0.2, 0.25) is 0 Å². The smallest absolute Gasteiger partial charge is 0.326 e. The number of carbonyl (C=O) groups excluding carboxylic acids is 2. The molecule has 0 aliphatic carbocycles. The van der Waals surface area contributed by atoms with Crippen LogP contribution in [0.4, 0.5) is 5.69 Å². The fourth-order valence-corrected chi connectivity index (χ4v) is 3.37. The predicted molar refractivity (Wildman–Crippen MR) is 101 cm³/mol. The van der Waals surface area contributed by atoms with E-state index in [1.165, 1.54) is 25.3 Å². The van der Waals surface area contributed by atoms with Crippen LogP contribution in [0.1, 0.15) is 18.9 Å². The zero-order chi connectivity index (χ0) is 19.3. The second kappa shape index (κ2) is 8.77. The SMILES string of the molecule is CCCOC(=O)CN1C(=O)/C(=C/c2ccc(OC)c([N+](=O)[O-])c2)SC1=S. The van der Waals surface area contributed by atoms with Gasteiger partial charge < -0.3 is 9.47 Å². The average molecular weight is 396 g/mol. The maximum absolute atomic E-state index is 12.5. The van der Waals surface area contributed by atoms with E-state index in [0.717, 1.165) is 16.7 Å². The van der Waals surface area contributed by atoms with Gasteiger partial charge in [-0.2, -0.15) is 0 Å². The number of carbonyl (C=O) groups is 2. The van der Waals surface area contributed by atoms with E-state index < -0.39 is 16.8 Å². The van der Waals surface area contributed by atoms with Crippen LogP contribution in [0.3, 0.4) is 0 Å². The molecule has 2 rings (SSSR count). The maximum Gasteiger partial charge on any atom is 0.326 e. The van der Waals surface area contributed by atoms with E-state index in [-0.39, 0.29) is 33.8 Å². The Hall–Kier alpha value is -2.46. The molecule has 1 aromatic rings. The minimum absolute atomic E-state index is 0.123. The lowest BCUT2D eigenvalue weighted by atomic mass is 10.1. The highest BCUT2D eigenvalue weighted by molar-refractivity contribution is 8.26. The van der Waals surface area contributed by atoms with Gasteiger partial charge in [-0.15, -0.1) is 0 Å². The van der Waals surface area contributed by atoms with Gasteiger partial charge in [0, 0.05) is 6.07 Å². The zero-order valence-corrected chi connectivity index (χ0v) is 15.7. The summed E-state index contributed by atoms with van der Waals surface area (Å²) in [5.41, 5.74) is 0.242. The molecule has 138 valence electrons. The molecule has 10 heteroatoms. The fourth-order valence-electron chi connectivity index (χ4n) is 2.12. The number of hydrogen-bond donors (Lipinski definition) is 0. The molecule has 1 aliphatic rings. The molecule has 8 nitrogen and oxygen atoms in total. The number of methoxy groups -OCH3 is 1. The van der Waals surface area contributed by atoms with Crippen LogP contribution >= 0.6 is 24.0 Å². The number of esters is 1. The Balaban J connectivity index is 2.20. The number of nitro groups is 1. The molecule has 0 spiro atoms. The third-order valence-corrected chi connectivity index (χ3v) is 4.70. The summed E-state index contributed by atoms with van der Waals surface area (Å²) in [5, 5.41) is 11.1. The quantitative estimate of drug-likeness (QED) is 0.228.